The fourth-order valence-electron chi connectivity index (χ4n) is 1.73. The van der Waals surface area contributed by atoms with Gasteiger partial charge in [0.15, 0.2) is 0 Å². The predicted octanol–water partition coefficient (Wildman–Crippen LogP) is 1.30. The number of rotatable bonds is 5. The van der Waals surface area contributed by atoms with Gasteiger partial charge in [0.2, 0.25) is 0 Å². The highest BCUT2D eigenvalue weighted by molar-refractivity contribution is 5.14. The van der Waals surface area contributed by atoms with Gasteiger partial charge < -0.3 is 9.73 Å². The van der Waals surface area contributed by atoms with Crippen molar-refractivity contribution in [3.8, 4) is 0 Å². The van der Waals surface area contributed by atoms with E-state index in [1.54, 1.807) is 17.2 Å². The highest BCUT2D eigenvalue weighted by Gasteiger charge is 2.13. The minimum atomic E-state index is 0.237. The Morgan fingerprint density at radius 3 is 3.00 bits per heavy atom. The highest BCUT2D eigenvalue weighted by Crippen LogP contribution is 2.17. The van der Waals surface area contributed by atoms with E-state index in [2.05, 4.69) is 22.6 Å². The number of furan rings is 1. The first-order valence-corrected chi connectivity index (χ1v) is 5.40. The topological polar surface area (TPSA) is 55.9 Å². The van der Waals surface area contributed by atoms with Crippen molar-refractivity contribution in [3.63, 3.8) is 0 Å². The van der Waals surface area contributed by atoms with Gasteiger partial charge >= 0.3 is 0 Å². The average Bonchev–Trinajstić information content (AvgIpc) is 2.88. The Labute approximate surface area is 94.5 Å². The molecular weight excluding hydrogens is 204 g/mol. The molecule has 0 aliphatic heterocycles. The maximum Gasteiger partial charge on any atom is 0.0950 e. The number of nitrogens with one attached hydrogen (secondary N) is 1. The minimum absolute atomic E-state index is 0.237. The van der Waals surface area contributed by atoms with Gasteiger partial charge in [-0.25, -0.2) is 0 Å². The van der Waals surface area contributed by atoms with Crippen LogP contribution in [0, 0.1) is 0 Å². The van der Waals surface area contributed by atoms with Crippen molar-refractivity contribution < 1.29 is 4.42 Å². The maximum absolute atomic E-state index is 5.10. The lowest BCUT2D eigenvalue weighted by Gasteiger charge is -2.14. The van der Waals surface area contributed by atoms with Crippen molar-refractivity contribution in [2.75, 3.05) is 6.54 Å². The van der Waals surface area contributed by atoms with Crippen molar-refractivity contribution in [2.24, 2.45) is 7.05 Å². The van der Waals surface area contributed by atoms with E-state index >= 15 is 0 Å². The van der Waals surface area contributed by atoms with E-state index in [1.807, 2.05) is 19.3 Å². The number of hydrogen-bond acceptors (Lipinski definition) is 4. The second kappa shape index (κ2) is 4.94. The van der Waals surface area contributed by atoms with Gasteiger partial charge in [0.25, 0.3) is 0 Å². The SMILES string of the molecule is CCNC(Cc1cn(C)nn1)c1ccoc1. The summed E-state index contributed by atoms with van der Waals surface area (Å²) in [5.41, 5.74) is 2.13. The van der Waals surface area contributed by atoms with Gasteiger partial charge in [-0.1, -0.05) is 12.1 Å². The van der Waals surface area contributed by atoms with E-state index in [0.717, 1.165) is 24.2 Å². The number of nitrogens with zero attached hydrogens (tertiary/aromatic N) is 3. The van der Waals surface area contributed by atoms with E-state index in [4.69, 9.17) is 4.42 Å². The molecule has 5 heteroatoms. The van der Waals surface area contributed by atoms with Crippen molar-refractivity contribution >= 4 is 0 Å². The zero-order valence-electron chi connectivity index (χ0n) is 9.55. The minimum Gasteiger partial charge on any atom is -0.472 e. The van der Waals surface area contributed by atoms with Crippen molar-refractivity contribution in [1.82, 2.24) is 20.3 Å². The maximum atomic E-state index is 5.10. The lowest BCUT2D eigenvalue weighted by atomic mass is 10.1. The molecule has 2 aromatic rings. The van der Waals surface area contributed by atoms with E-state index < -0.39 is 0 Å². The molecule has 16 heavy (non-hydrogen) atoms. The Morgan fingerprint density at radius 1 is 1.56 bits per heavy atom. The molecule has 0 aromatic carbocycles. The monoisotopic (exact) mass is 220 g/mol. The summed E-state index contributed by atoms with van der Waals surface area (Å²) in [6.07, 6.45) is 6.21. The number of hydrogen-bond donors (Lipinski definition) is 1. The molecule has 1 unspecified atom stereocenters. The zero-order valence-corrected chi connectivity index (χ0v) is 9.55. The smallest absolute Gasteiger partial charge is 0.0950 e. The fourth-order valence-corrected chi connectivity index (χ4v) is 1.73. The first-order chi connectivity index (χ1) is 7.79. The molecular formula is C11H16N4O. The van der Waals surface area contributed by atoms with Crippen LogP contribution in [-0.2, 0) is 13.5 Å². The van der Waals surface area contributed by atoms with Crippen LogP contribution in [0.4, 0.5) is 0 Å². The quantitative estimate of drug-likeness (QED) is 0.825. The standard InChI is InChI=1S/C11H16N4O/c1-3-12-11(9-4-5-16-8-9)6-10-7-15(2)14-13-10/h4-5,7-8,11-12H,3,6H2,1-2H3. The molecule has 86 valence electrons. The van der Waals surface area contributed by atoms with Crippen LogP contribution in [0.15, 0.2) is 29.2 Å². The Balaban J connectivity index is 2.09. The summed E-state index contributed by atoms with van der Waals surface area (Å²) < 4.78 is 6.82. The summed E-state index contributed by atoms with van der Waals surface area (Å²) in [5.74, 6) is 0. The second-order valence-corrected chi connectivity index (χ2v) is 3.75. The molecule has 0 radical (unpaired) electrons. The van der Waals surface area contributed by atoms with Crippen LogP contribution in [0.3, 0.4) is 0 Å². The summed E-state index contributed by atoms with van der Waals surface area (Å²) in [6.45, 7) is 3.00. The Hall–Kier alpha value is -1.62. The van der Waals surface area contributed by atoms with Gasteiger partial charge in [-0.2, -0.15) is 0 Å². The van der Waals surface area contributed by atoms with Gasteiger partial charge in [-0.05, 0) is 12.6 Å². The van der Waals surface area contributed by atoms with Gasteiger partial charge in [-0.15, -0.1) is 5.10 Å². The molecule has 2 aromatic heterocycles. The van der Waals surface area contributed by atoms with Crippen LogP contribution in [0.25, 0.3) is 0 Å². The first-order valence-electron chi connectivity index (χ1n) is 5.40. The molecule has 5 nitrogen and oxygen atoms in total. The summed E-state index contributed by atoms with van der Waals surface area (Å²) >= 11 is 0. The molecule has 1 atom stereocenters. The molecule has 1 N–H and O–H groups in total. The first kappa shape index (κ1) is 10.9. The lowest BCUT2D eigenvalue weighted by Crippen LogP contribution is -2.22. The Bertz CT molecular complexity index is 421. The molecule has 2 heterocycles. The van der Waals surface area contributed by atoms with E-state index in [9.17, 15) is 0 Å². The van der Waals surface area contributed by atoms with Crippen molar-refractivity contribution in [1.29, 1.82) is 0 Å². The molecule has 0 saturated carbocycles. The molecule has 0 aliphatic rings. The zero-order chi connectivity index (χ0) is 11.4. The molecule has 0 spiro atoms. The van der Waals surface area contributed by atoms with E-state index in [-0.39, 0.29) is 6.04 Å². The van der Waals surface area contributed by atoms with E-state index in [1.165, 1.54) is 0 Å². The largest absolute Gasteiger partial charge is 0.472 e. The summed E-state index contributed by atoms with van der Waals surface area (Å²) in [5, 5.41) is 11.4. The third kappa shape index (κ3) is 2.49. The molecule has 0 fully saturated rings. The van der Waals surface area contributed by atoms with Crippen molar-refractivity contribution in [3.05, 3.63) is 36.0 Å². The average molecular weight is 220 g/mol. The molecule has 0 amide bonds. The fraction of sp³-hybridized carbons (Fsp3) is 0.455. The summed E-state index contributed by atoms with van der Waals surface area (Å²) in [7, 11) is 1.87. The third-order valence-corrected chi connectivity index (χ3v) is 2.46. The van der Waals surface area contributed by atoms with Crippen LogP contribution >= 0.6 is 0 Å². The number of aryl methyl sites for hydroxylation is 1. The predicted molar refractivity (Wildman–Crippen MR) is 59.8 cm³/mol. The molecule has 0 saturated heterocycles. The van der Waals surface area contributed by atoms with Gasteiger partial charge in [0.05, 0.1) is 18.2 Å². The third-order valence-electron chi connectivity index (χ3n) is 2.46. The lowest BCUT2D eigenvalue weighted by molar-refractivity contribution is 0.521. The summed E-state index contributed by atoms with van der Waals surface area (Å²) in [6, 6.07) is 2.21. The molecule has 2 rings (SSSR count). The van der Waals surface area contributed by atoms with E-state index in [0.29, 0.717) is 0 Å². The summed E-state index contributed by atoms with van der Waals surface area (Å²) in [4.78, 5) is 0. The van der Waals surface area contributed by atoms with Crippen LogP contribution in [0.1, 0.15) is 24.2 Å². The highest BCUT2D eigenvalue weighted by atomic mass is 16.3. The van der Waals surface area contributed by atoms with Crippen LogP contribution in [-0.4, -0.2) is 21.5 Å². The van der Waals surface area contributed by atoms with Crippen LogP contribution in [0.2, 0.25) is 0 Å². The molecule has 0 bridgehead atoms. The number of likely N-dealkylation sites (N-methyl/N-ethyl adjacent to an activating group) is 1. The van der Waals surface area contributed by atoms with Gasteiger partial charge in [-0.3, -0.25) is 4.68 Å². The Kier molecular flexibility index (Phi) is 3.36. The number of aromatic nitrogens is 3. The van der Waals surface area contributed by atoms with Crippen LogP contribution < -0.4 is 5.32 Å². The van der Waals surface area contributed by atoms with Gasteiger partial charge in [0.1, 0.15) is 0 Å². The van der Waals surface area contributed by atoms with Gasteiger partial charge in [0, 0.05) is 31.3 Å². The normalized spacial score (nSPS) is 12.9. The Morgan fingerprint density at radius 2 is 2.44 bits per heavy atom. The second-order valence-electron chi connectivity index (χ2n) is 3.75. The van der Waals surface area contributed by atoms with Crippen molar-refractivity contribution in [2.45, 2.75) is 19.4 Å². The molecule has 0 aliphatic carbocycles. The van der Waals surface area contributed by atoms with Crippen LogP contribution in [0.5, 0.6) is 0 Å².